The van der Waals surface area contributed by atoms with E-state index in [2.05, 4.69) is 16.0 Å². The third-order valence-corrected chi connectivity index (χ3v) is 6.00. The highest BCUT2D eigenvalue weighted by atomic mass is 19.1. The zero-order valence-corrected chi connectivity index (χ0v) is 22.8. The van der Waals surface area contributed by atoms with Gasteiger partial charge in [-0.2, -0.15) is 0 Å². The molecule has 0 fully saturated rings. The van der Waals surface area contributed by atoms with Crippen molar-refractivity contribution in [1.82, 2.24) is 16.0 Å². The molecular formula is C29H33FN4O6. The molecule has 4 N–H and O–H groups in total. The van der Waals surface area contributed by atoms with E-state index in [-0.39, 0.29) is 31.1 Å². The van der Waals surface area contributed by atoms with Crippen LogP contribution in [0.25, 0.3) is 0 Å². The van der Waals surface area contributed by atoms with Gasteiger partial charge in [0.1, 0.15) is 6.04 Å². The third kappa shape index (κ3) is 7.85. The maximum atomic E-state index is 13.7. The highest BCUT2D eigenvalue weighted by Gasteiger charge is 2.22. The van der Waals surface area contributed by atoms with E-state index in [0.29, 0.717) is 28.4 Å². The van der Waals surface area contributed by atoms with Crippen LogP contribution in [0.5, 0.6) is 23.0 Å². The van der Waals surface area contributed by atoms with Crippen LogP contribution in [0.4, 0.5) is 4.39 Å². The van der Waals surface area contributed by atoms with E-state index < -0.39 is 23.7 Å². The quantitative estimate of drug-likeness (QED) is 0.201. The maximum Gasteiger partial charge on any atom is 0.243 e. The Morgan fingerprint density at radius 2 is 1.55 bits per heavy atom. The standard InChI is InChI=1S/C29H33FN4O6/c1-37-23-13-11-20(26(39-3)27(23)40-4)16-25(35)34-29(31)33-22(14-18-8-6-5-7-9-18)28(36)32-17-19-10-12-21(30)24(15-19)38-2/h5-13,15,22H,14,16-17H2,1-4H3,(H,32,36)(H3,31,33,34,35)/t22-/m1/s1. The molecule has 3 aromatic rings. The Labute approximate surface area is 232 Å². The number of hydrogen-bond donors (Lipinski definition) is 4. The van der Waals surface area contributed by atoms with Gasteiger partial charge in [0.05, 0.1) is 34.9 Å². The van der Waals surface area contributed by atoms with E-state index in [4.69, 9.17) is 24.4 Å². The van der Waals surface area contributed by atoms with Crippen molar-refractivity contribution in [2.45, 2.75) is 25.4 Å². The fourth-order valence-electron chi connectivity index (χ4n) is 4.05. The number of guanidine groups is 1. The Bertz CT molecular complexity index is 1340. The van der Waals surface area contributed by atoms with Crippen LogP contribution in [-0.4, -0.2) is 52.3 Å². The number of rotatable bonds is 12. The zero-order valence-electron chi connectivity index (χ0n) is 22.8. The van der Waals surface area contributed by atoms with Gasteiger partial charge in [0, 0.05) is 18.5 Å². The van der Waals surface area contributed by atoms with Crippen molar-refractivity contribution in [3.05, 3.63) is 83.2 Å². The lowest BCUT2D eigenvalue weighted by Gasteiger charge is -2.21. The lowest BCUT2D eigenvalue weighted by atomic mass is 10.1. The number of ether oxygens (including phenoxy) is 4. The maximum absolute atomic E-state index is 13.7. The van der Waals surface area contributed by atoms with Gasteiger partial charge in [-0.05, 0) is 29.3 Å². The minimum atomic E-state index is -0.881. The second-order valence-electron chi connectivity index (χ2n) is 8.67. The summed E-state index contributed by atoms with van der Waals surface area (Å²) in [5.41, 5.74) is 2.02. The monoisotopic (exact) mass is 552 g/mol. The van der Waals surface area contributed by atoms with Crippen LogP contribution in [0.1, 0.15) is 16.7 Å². The SMILES string of the molecule is COc1cc(CNC(=O)[C@@H](Cc2ccccc2)NC(=N)NC(=O)Cc2ccc(OC)c(OC)c2OC)ccc1F. The normalized spacial score (nSPS) is 11.1. The van der Waals surface area contributed by atoms with Crippen LogP contribution >= 0.6 is 0 Å². The number of benzene rings is 3. The van der Waals surface area contributed by atoms with Gasteiger partial charge in [0.2, 0.25) is 17.6 Å². The number of amides is 2. The molecule has 0 aliphatic heterocycles. The van der Waals surface area contributed by atoms with Crippen molar-refractivity contribution in [2.24, 2.45) is 0 Å². The van der Waals surface area contributed by atoms with E-state index in [1.165, 1.54) is 40.6 Å². The minimum Gasteiger partial charge on any atom is -0.494 e. The largest absolute Gasteiger partial charge is 0.494 e. The van der Waals surface area contributed by atoms with Crippen molar-refractivity contribution >= 4 is 17.8 Å². The molecule has 0 aliphatic carbocycles. The molecule has 0 aliphatic rings. The molecule has 0 bridgehead atoms. The molecule has 2 amide bonds. The van der Waals surface area contributed by atoms with Gasteiger partial charge in [0.25, 0.3) is 0 Å². The summed E-state index contributed by atoms with van der Waals surface area (Å²) >= 11 is 0. The molecule has 10 nitrogen and oxygen atoms in total. The Kier molecular flexibility index (Phi) is 10.7. The number of nitrogens with one attached hydrogen (secondary N) is 4. The molecule has 3 rings (SSSR count). The predicted molar refractivity (Wildman–Crippen MR) is 148 cm³/mol. The van der Waals surface area contributed by atoms with Crippen LogP contribution in [0, 0.1) is 11.2 Å². The van der Waals surface area contributed by atoms with E-state index in [0.717, 1.165) is 5.56 Å². The lowest BCUT2D eigenvalue weighted by molar-refractivity contribution is -0.123. The Morgan fingerprint density at radius 3 is 2.20 bits per heavy atom. The molecule has 0 aromatic heterocycles. The molecule has 0 heterocycles. The van der Waals surface area contributed by atoms with E-state index in [1.807, 2.05) is 30.3 Å². The van der Waals surface area contributed by atoms with Gasteiger partial charge in [0.15, 0.2) is 29.0 Å². The number of carbonyl (C=O) groups is 2. The van der Waals surface area contributed by atoms with Crippen molar-refractivity contribution in [1.29, 1.82) is 5.41 Å². The molecule has 3 aromatic carbocycles. The zero-order chi connectivity index (χ0) is 29.1. The average Bonchev–Trinajstić information content (AvgIpc) is 2.96. The van der Waals surface area contributed by atoms with Gasteiger partial charge in [-0.15, -0.1) is 0 Å². The third-order valence-electron chi connectivity index (χ3n) is 6.00. The van der Waals surface area contributed by atoms with Crippen molar-refractivity contribution in [3.8, 4) is 23.0 Å². The molecule has 0 saturated carbocycles. The number of halogens is 1. The average molecular weight is 553 g/mol. The second kappa shape index (κ2) is 14.4. The van der Waals surface area contributed by atoms with Crippen LogP contribution in [0.2, 0.25) is 0 Å². The molecule has 40 heavy (non-hydrogen) atoms. The van der Waals surface area contributed by atoms with Crippen molar-refractivity contribution in [3.63, 3.8) is 0 Å². The number of methoxy groups -OCH3 is 4. The summed E-state index contributed by atoms with van der Waals surface area (Å²) in [6.45, 7) is 0.112. The summed E-state index contributed by atoms with van der Waals surface area (Å²) in [6.07, 6.45) is 0.136. The summed E-state index contributed by atoms with van der Waals surface area (Å²) in [7, 11) is 5.78. The Balaban J connectivity index is 1.68. The number of hydrogen-bond acceptors (Lipinski definition) is 7. The fraction of sp³-hybridized carbons (Fsp3) is 0.276. The van der Waals surface area contributed by atoms with Gasteiger partial charge in [-0.1, -0.05) is 42.5 Å². The first-order chi connectivity index (χ1) is 19.3. The van der Waals surface area contributed by atoms with Crippen LogP contribution in [-0.2, 0) is 29.0 Å². The molecule has 1 atom stereocenters. The topological polar surface area (TPSA) is 131 Å². The predicted octanol–water partition coefficient (Wildman–Crippen LogP) is 2.97. The lowest BCUT2D eigenvalue weighted by Crippen LogP contribution is -2.52. The minimum absolute atomic E-state index is 0.0707. The first kappa shape index (κ1) is 29.8. The highest BCUT2D eigenvalue weighted by molar-refractivity contribution is 5.98. The van der Waals surface area contributed by atoms with Gasteiger partial charge < -0.3 is 29.6 Å². The van der Waals surface area contributed by atoms with Crippen LogP contribution < -0.4 is 34.9 Å². The Morgan fingerprint density at radius 1 is 0.850 bits per heavy atom. The van der Waals surface area contributed by atoms with Crippen molar-refractivity contribution < 1.29 is 32.9 Å². The van der Waals surface area contributed by atoms with Crippen molar-refractivity contribution in [2.75, 3.05) is 28.4 Å². The molecule has 0 unspecified atom stereocenters. The van der Waals surface area contributed by atoms with E-state index in [1.54, 1.807) is 18.2 Å². The first-order valence-electron chi connectivity index (χ1n) is 12.4. The summed E-state index contributed by atoms with van der Waals surface area (Å²) in [5.74, 6) is -0.543. The number of carbonyl (C=O) groups excluding carboxylic acids is 2. The molecule has 0 spiro atoms. The van der Waals surface area contributed by atoms with Gasteiger partial charge in [-0.3, -0.25) is 20.3 Å². The van der Waals surface area contributed by atoms with Gasteiger partial charge >= 0.3 is 0 Å². The van der Waals surface area contributed by atoms with Crippen LogP contribution in [0.3, 0.4) is 0 Å². The summed E-state index contributed by atoms with van der Waals surface area (Å²) in [4.78, 5) is 25.9. The molecule has 0 radical (unpaired) electrons. The van der Waals surface area contributed by atoms with Gasteiger partial charge in [-0.25, -0.2) is 4.39 Å². The smallest absolute Gasteiger partial charge is 0.243 e. The van der Waals surface area contributed by atoms with Crippen LogP contribution in [0.15, 0.2) is 60.7 Å². The molecule has 0 saturated heterocycles. The molecule has 212 valence electrons. The molecule has 11 heteroatoms. The summed E-state index contributed by atoms with van der Waals surface area (Å²) in [6, 6.07) is 16.0. The fourth-order valence-corrected chi connectivity index (χ4v) is 4.05. The Hall–Kier alpha value is -4.80. The summed E-state index contributed by atoms with van der Waals surface area (Å²) < 4.78 is 34.8. The van der Waals surface area contributed by atoms with E-state index in [9.17, 15) is 14.0 Å². The summed E-state index contributed by atoms with van der Waals surface area (Å²) in [5, 5.41) is 16.4. The molecular weight excluding hydrogens is 519 g/mol. The van der Waals surface area contributed by atoms with E-state index >= 15 is 0 Å². The second-order valence-corrected chi connectivity index (χ2v) is 8.67. The first-order valence-corrected chi connectivity index (χ1v) is 12.4. The highest BCUT2D eigenvalue weighted by Crippen LogP contribution is 2.39.